The van der Waals surface area contributed by atoms with Gasteiger partial charge in [0.15, 0.2) is 0 Å². The molecule has 3 heterocycles. The first-order chi connectivity index (χ1) is 14.6. The summed E-state index contributed by atoms with van der Waals surface area (Å²) < 4.78 is 5.50. The summed E-state index contributed by atoms with van der Waals surface area (Å²) in [6.07, 6.45) is 3.13. The van der Waals surface area contributed by atoms with E-state index in [0.29, 0.717) is 17.9 Å². The third-order valence-corrected chi connectivity index (χ3v) is 6.57. The highest BCUT2D eigenvalue weighted by Gasteiger charge is 2.27. The Balaban J connectivity index is 1.28. The highest BCUT2D eigenvalue weighted by Crippen LogP contribution is 2.29. The van der Waals surface area contributed by atoms with Crippen molar-refractivity contribution in [1.29, 1.82) is 0 Å². The van der Waals surface area contributed by atoms with Gasteiger partial charge in [0.1, 0.15) is 0 Å². The van der Waals surface area contributed by atoms with Gasteiger partial charge in [-0.15, -0.1) is 0 Å². The molecule has 2 aliphatic rings. The summed E-state index contributed by atoms with van der Waals surface area (Å²) in [4.78, 5) is 20.9. The lowest BCUT2D eigenvalue weighted by molar-refractivity contribution is 0.0126. The number of morpholine rings is 1. The molecular formula is C24H36N4O2. The summed E-state index contributed by atoms with van der Waals surface area (Å²) in [5.41, 5.74) is 2.51. The Morgan fingerprint density at radius 1 is 1.17 bits per heavy atom. The predicted octanol–water partition coefficient (Wildman–Crippen LogP) is 3.80. The van der Waals surface area contributed by atoms with E-state index in [1.54, 1.807) is 0 Å². The molecule has 1 aromatic heterocycles. The fourth-order valence-electron chi connectivity index (χ4n) is 4.87. The van der Waals surface area contributed by atoms with Crippen LogP contribution in [0.4, 0.5) is 4.79 Å². The third-order valence-electron chi connectivity index (χ3n) is 6.57. The number of piperidine rings is 1. The minimum atomic E-state index is 0.0899. The van der Waals surface area contributed by atoms with Gasteiger partial charge in [-0.2, -0.15) is 0 Å². The van der Waals surface area contributed by atoms with Gasteiger partial charge >= 0.3 is 6.03 Å². The van der Waals surface area contributed by atoms with Crippen molar-refractivity contribution in [2.75, 3.05) is 45.9 Å². The molecule has 2 amide bonds. The molecule has 4 rings (SSSR count). The molecule has 0 bridgehead atoms. The molecule has 2 aromatic rings. The molecule has 1 aromatic carbocycles. The second kappa shape index (κ2) is 9.84. The third kappa shape index (κ3) is 5.16. The fourth-order valence-corrected chi connectivity index (χ4v) is 4.87. The van der Waals surface area contributed by atoms with Gasteiger partial charge in [0.25, 0.3) is 0 Å². The second-order valence-corrected chi connectivity index (χ2v) is 9.19. The van der Waals surface area contributed by atoms with Crippen molar-refractivity contribution in [3.63, 3.8) is 0 Å². The standard InChI is InChI=1S/C24H36N4O2/c1-18(2)15-21(27-11-13-30-14-12-27)17-25-24(29)28-9-7-19(8-10-28)23-16-20-5-3-4-6-22(20)26-23/h3-6,16,18-19,21,26H,7-15,17H2,1-2H3,(H,25,29). The van der Waals surface area contributed by atoms with Gasteiger partial charge in [0.2, 0.25) is 0 Å². The summed E-state index contributed by atoms with van der Waals surface area (Å²) in [7, 11) is 0. The van der Waals surface area contributed by atoms with Crippen LogP contribution in [-0.2, 0) is 4.74 Å². The number of urea groups is 1. The van der Waals surface area contributed by atoms with Crippen molar-refractivity contribution in [2.24, 2.45) is 5.92 Å². The van der Waals surface area contributed by atoms with E-state index in [4.69, 9.17) is 4.74 Å². The number of carbonyl (C=O) groups excluding carboxylic acids is 1. The molecule has 0 saturated carbocycles. The van der Waals surface area contributed by atoms with Crippen LogP contribution in [0.5, 0.6) is 0 Å². The Bertz CT molecular complexity index is 786. The van der Waals surface area contributed by atoms with Gasteiger partial charge in [-0.25, -0.2) is 4.79 Å². The molecule has 0 spiro atoms. The van der Waals surface area contributed by atoms with Crippen LogP contribution in [0.2, 0.25) is 0 Å². The first kappa shape index (κ1) is 21.2. The molecule has 6 nitrogen and oxygen atoms in total. The minimum absolute atomic E-state index is 0.0899. The maximum atomic E-state index is 12.8. The average Bonchev–Trinajstić information content (AvgIpc) is 3.21. The first-order valence-corrected chi connectivity index (χ1v) is 11.5. The molecule has 1 unspecified atom stereocenters. The number of amides is 2. The summed E-state index contributed by atoms with van der Waals surface area (Å²) in [5.74, 6) is 1.12. The fraction of sp³-hybridized carbons (Fsp3) is 0.625. The minimum Gasteiger partial charge on any atom is -0.379 e. The monoisotopic (exact) mass is 412 g/mol. The zero-order chi connectivity index (χ0) is 20.9. The summed E-state index contributed by atoms with van der Waals surface area (Å²) in [5, 5.41) is 4.50. The smallest absolute Gasteiger partial charge is 0.317 e. The lowest BCUT2D eigenvalue weighted by atomic mass is 9.93. The number of hydrogen-bond acceptors (Lipinski definition) is 3. The van der Waals surface area contributed by atoms with E-state index in [9.17, 15) is 4.79 Å². The normalized spacial score (nSPS) is 20.0. The van der Waals surface area contributed by atoms with E-state index < -0.39 is 0 Å². The number of nitrogens with zero attached hydrogens (tertiary/aromatic N) is 2. The van der Waals surface area contributed by atoms with E-state index in [1.165, 1.54) is 16.6 Å². The maximum Gasteiger partial charge on any atom is 0.317 e. The Morgan fingerprint density at radius 2 is 1.90 bits per heavy atom. The number of rotatable bonds is 6. The Hall–Kier alpha value is -2.05. The molecule has 2 fully saturated rings. The molecule has 2 saturated heterocycles. The zero-order valence-electron chi connectivity index (χ0n) is 18.4. The van der Waals surface area contributed by atoms with Gasteiger partial charge in [0, 0.05) is 55.9 Å². The summed E-state index contributed by atoms with van der Waals surface area (Å²) in [6.45, 7) is 10.4. The van der Waals surface area contributed by atoms with Gasteiger partial charge in [-0.05, 0) is 42.7 Å². The van der Waals surface area contributed by atoms with E-state index in [-0.39, 0.29) is 6.03 Å². The van der Waals surface area contributed by atoms with E-state index >= 15 is 0 Å². The number of likely N-dealkylation sites (tertiary alicyclic amines) is 1. The van der Waals surface area contributed by atoms with Crippen LogP contribution < -0.4 is 5.32 Å². The molecule has 0 aliphatic carbocycles. The second-order valence-electron chi connectivity index (χ2n) is 9.19. The van der Waals surface area contributed by atoms with E-state index in [2.05, 4.69) is 59.4 Å². The van der Waals surface area contributed by atoms with E-state index in [0.717, 1.165) is 65.2 Å². The van der Waals surface area contributed by atoms with Crippen molar-refractivity contribution in [2.45, 2.75) is 45.1 Å². The number of ether oxygens (including phenoxy) is 1. The van der Waals surface area contributed by atoms with Gasteiger partial charge in [0.05, 0.1) is 13.2 Å². The van der Waals surface area contributed by atoms with Crippen LogP contribution >= 0.6 is 0 Å². The zero-order valence-corrected chi connectivity index (χ0v) is 18.4. The van der Waals surface area contributed by atoms with Gasteiger partial charge < -0.3 is 19.9 Å². The number of fused-ring (bicyclic) bond motifs is 1. The highest BCUT2D eigenvalue weighted by atomic mass is 16.5. The SMILES string of the molecule is CC(C)CC(CNC(=O)N1CCC(c2cc3ccccc3[nH]2)CC1)N1CCOCC1. The van der Waals surface area contributed by atoms with Crippen molar-refractivity contribution >= 4 is 16.9 Å². The summed E-state index contributed by atoms with van der Waals surface area (Å²) in [6, 6.07) is 11.2. The van der Waals surface area contributed by atoms with Crippen molar-refractivity contribution in [1.82, 2.24) is 20.1 Å². The topological polar surface area (TPSA) is 60.6 Å². The maximum absolute atomic E-state index is 12.8. The average molecular weight is 413 g/mol. The van der Waals surface area contributed by atoms with Crippen LogP contribution in [0, 0.1) is 5.92 Å². The lowest BCUT2D eigenvalue weighted by Crippen LogP contribution is -2.52. The molecular weight excluding hydrogens is 376 g/mol. The number of benzene rings is 1. The Labute approximate surface area is 179 Å². The molecule has 6 heteroatoms. The van der Waals surface area contributed by atoms with Crippen molar-refractivity contribution in [3.05, 3.63) is 36.0 Å². The molecule has 2 aliphatic heterocycles. The predicted molar refractivity (Wildman–Crippen MR) is 121 cm³/mol. The lowest BCUT2D eigenvalue weighted by Gasteiger charge is -2.36. The van der Waals surface area contributed by atoms with Crippen LogP contribution in [0.3, 0.4) is 0 Å². The number of para-hydroxylation sites is 1. The Morgan fingerprint density at radius 3 is 2.60 bits per heavy atom. The van der Waals surface area contributed by atoms with Crippen molar-refractivity contribution in [3.8, 4) is 0 Å². The van der Waals surface area contributed by atoms with E-state index in [1.807, 2.05) is 4.90 Å². The molecule has 30 heavy (non-hydrogen) atoms. The number of hydrogen-bond donors (Lipinski definition) is 2. The quantitative estimate of drug-likeness (QED) is 0.759. The van der Waals surface area contributed by atoms with Crippen LogP contribution in [0.25, 0.3) is 10.9 Å². The summed E-state index contributed by atoms with van der Waals surface area (Å²) >= 11 is 0. The highest BCUT2D eigenvalue weighted by molar-refractivity contribution is 5.80. The largest absolute Gasteiger partial charge is 0.379 e. The molecule has 164 valence electrons. The molecule has 2 N–H and O–H groups in total. The van der Waals surface area contributed by atoms with Crippen molar-refractivity contribution < 1.29 is 9.53 Å². The van der Waals surface area contributed by atoms with Crippen LogP contribution in [0.15, 0.2) is 30.3 Å². The molecule has 0 radical (unpaired) electrons. The van der Waals surface area contributed by atoms with Crippen LogP contribution in [0.1, 0.15) is 44.7 Å². The number of nitrogens with one attached hydrogen (secondary N) is 2. The number of aromatic amines is 1. The van der Waals surface area contributed by atoms with Gasteiger partial charge in [-0.1, -0.05) is 32.0 Å². The van der Waals surface area contributed by atoms with Gasteiger partial charge in [-0.3, -0.25) is 4.90 Å². The number of carbonyl (C=O) groups is 1. The number of aromatic nitrogens is 1. The first-order valence-electron chi connectivity index (χ1n) is 11.5. The number of H-pyrrole nitrogens is 1. The Kier molecular flexibility index (Phi) is 6.95. The van der Waals surface area contributed by atoms with Crippen LogP contribution in [-0.4, -0.2) is 72.8 Å². The molecule has 1 atom stereocenters.